The van der Waals surface area contributed by atoms with E-state index in [9.17, 15) is 0 Å². The molecule has 0 saturated carbocycles. The fraction of sp³-hybridized carbons (Fsp3) is 0.333. The molecule has 1 unspecified atom stereocenters. The standard InChI is InChI=1S/C18H22BrNO/c1-13(12-16-6-4-5-7-18(16)21-3)20-14(2)15-8-10-17(19)11-9-15/h4-11,13-14,20H,12H2,1-3H3/t13?,14-/m0/s1. The van der Waals surface area contributed by atoms with Gasteiger partial charge >= 0.3 is 0 Å². The summed E-state index contributed by atoms with van der Waals surface area (Å²) in [6.45, 7) is 4.41. The normalized spacial score (nSPS) is 13.7. The number of methoxy groups -OCH3 is 1. The molecular formula is C18H22BrNO. The van der Waals surface area contributed by atoms with Crippen LogP contribution < -0.4 is 10.1 Å². The van der Waals surface area contributed by atoms with Crippen LogP contribution in [0.2, 0.25) is 0 Å². The number of hydrogen-bond acceptors (Lipinski definition) is 2. The van der Waals surface area contributed by atoms with Gasteiger partial charge in [-0.05, 0) is 49.6 Å². The van der Waals surface area contributed by atoms with Gasteiger partial charge in [0.2, 0.25) is 0 Å². The van der Waals surface area contributed by atoms with Crippen LogP contribution >= 0.6 is 15.9 Å². The Labute approximate surface area is 135 Å². The summed E-state index contributed by atoms with van der Waals surface area (Å²) < 4.78 is 6.53. The summed E-state index contributed by atoms with van der Waals surface area (Å²) in [4.78, 5) is 0. The Morgan fingerprint density at radius 3 is 2.38 bits per heavy atom. The summed E-state index contributed by atoms with van der Waals surface area (Å²) in [6, 6.07) is 17.4. The Kier molecular flexibility index (Phi) is 5.83. The van der Waals surface area contributed by atoms with Crippen LogP contribution in [0.3, 0.4) is 0 Å². The monoisotopic (exact) mass is 347 g/mol. The molecule has 2 nitrogen and oxygen atoms in total. The molecule has 0 aromatic heterocycles. The molecule has 21 heavy (non-hydrogen) atoms. The minimum absolute atomic E-state index is 0.322. The van der Waals surface area contributed by atoms with E-state index in [-0.39, 0.29) is 0 Å². The molecule has 0 spiro atoms. The molecule has 1 N–H and O–H groups in total. The Balaban J connectivity index is 1.97. The van der Waals surface area contributed by atoms with Gasteiger partial charge in [0.1, 0.15) is 5.75 Å². The molecule has 112 valence electrons. The molecule has 0 aliphatic rings. The molecule has 2 rings (SSSR count). The first kappa shape index (κ1) is 16.1. The first-order valence-corrected chi connectivity index (χ1v) is 8.03. The van der Waals surface area contributed by atoms with E-state index in [1.807, 2.05) is 12.1 Å². The van der Waals surface area contributed by atoms with E-state index in [0.29, 0.717) is 12.1 Å². The van der Waals surface area contributed by atoms with Gasteiger partial charge in [0.05, 0.1) is 7.11 Å². The Bertz CT molecular complexity index is 568. The third-order valence-corrected chi connectivity index (χ3v) is 4.15. The van der Waals surface area contributed by atoms with Crippen molar-refractivity contribution < 1.29 is 4.74 Å². The predicted octanol–water partition coefficient (Wildman–Crippen LogP) is 4.74. The van der Waals surface area contributed by atoms with Crippen molar-refractivity contribution in [1.82, 2.24) is 5.32 Å². The molecule has 2 aromatic rings. The van der Waals surface area contributed by atoms with Gasteiger partial charge in [-0.2, -0.15) is 0 Å². The van der Waals surface area contributed by atoms with Crippen molar-refractivity contribution in [3.05, 3.63) is 64.1 Å². The van der Waals surface area contributed by atoms with E-state index in [1.165, 1.54) is 11.1 Å². The maximum Gasteiger partial charge on any atom is 0.122 e. The Hall–Kier alpha value is -1.32. The highest BCUT2D eigenvalue weighted by Crippen LogP contribution is 2.21. The Morgan fingerprint density at radius 2 is 1.71 bits per heavy atom. The lowest BCUT2D eigenvalue weighted by atomic mass is 10.0. The molecule has 0 bridgehead atoms. The van der Waals surface area contributed by atoms with Crippen LogP contribution in [-0.4, -0.2) is 13.2 Å². The van der Waals surface area contributed by atoms with Crippen LogP contribution in [0.15, 0.2) is 53.0 Å². The zero-order chi connectivity index (χ0) is 15.2. The van der Waals surface area contributed by atoms with Gasteiger partial charge in [-0.3, -0.25) is 0 Å². The summed E-state index contributed by atoms with van der Waals surface area (Å²) in [6.07, 6.45) is 0.949. The van der Waals surface area contributed by atoms with Crippen molar-refractivity contribution in [3.8, 4) is 5.75 Å². The van der Waals surface area contributed by atoms with E-state index < -0.39 is 0 Å². The molecule has 0 aliphatic carbocycles. The van der Waals surface area contributed by atoms with Crippen molar-refractivity contribution in [2.45, 2.75) is 32.4 Å². The number of hydrogen-bond donors (Lipinski definition) is 1. The molecule has 0 heterocycles. The molecule has 3 heteroatoms. The van der Waals surface area contributed by atoms with Crippen molar-refractivity contribution in [2.24, 2.45) is 0 Å². The average Bonchev–Trinajstić information content (AvgIpc) is 2.48. The molecule has 0 saturated heterocycles. The molecule has 0 aliphatic heterocycles. The molecular weight excluding hydrogens is 326 g/mol. The lowest BCUT2D eigenvalue weighted by Gasteiger charge is -2.21. The zero-order valence-electron chi connectivity index (χ0n) is 12.8. The van der Waals surface area contributed by atoms with Gasteiger partial charge in [0.15, 0.2) is 0 Å². The first-order valence-electron chi connectivity index (χ1n) is 7.23. The summed E-state index contributed by atoms with van der Waals surface area (Å²) in [7, 11) is 1.72. The average molecular weight is 348 g/mol. The number of nitrogens with one attached hydrogen (secondary N) is 1. The van der Waals surface area contributed by atoms with Gasteiger partial charge in [0.25, 0.3) is 0 Å². The summed E-state index contributed by atoms with van der Waals surface area (Å²) in [5.41, 5.74) is 2.54. The van der Waals surface area contributed by atoms with E-state index in [0.717, 1.165) is 16.6 Å². The maximum atomic E-state index is 5.42. The van der Waals surface area contributed by atoms with Crippen molar-refractivity contribution in [2.75, 3.05) is 7.11 Å². The number of benzene rings is 2. The van der Waals surface area contributed by atoms with Crippen LogP contribution in [0.1, 0.15) is 31.0 Å². The van der Waals surface area contributed by atoms with Gasteiger partial charge in [-0.25, -0.2) is 0 Å². The van der Waals surface area contributed by atoms with Crippen LogP contribution in [0.25, 0.3) is 0 Å². The zero-order valence-corrected chi connectivity index (χ0v) is 14.4. The summed E-state index contributed by atoms with van der Waals surface area (Å²) in [5, 5.41) is 3.64. The highest BCUT2D eigenvalue weighted by molar-refractivity contribution is 9.10. The number of para-hydroxylation sites is 1. The second-order valence-electron chi connectivity index (χ2n) is 5.36. The number of halogens is 1. The van der Waals surface area contributed by atoms with Crippen LogP contribution in [-0.2, 0) is 6.42 Å². The van der Waals surface area contributed by atoms with Gasteiger partial charge < -0.3 is 10.1 Å². The summed E-state index contributed by atoms with van der Waals surface area (Å²) >= 11 is 3.47. The van der Waals surface area contributed by atoms with E-state index in [1.54, 1.807) is 7.11 Å². The third-order valence-electron chi connectivity index (χ3n) is 3.62. The fourth-order valence-electron chi connectivity index (χ4n) is 2.53. The van der Waals surface area contributed by atoms with E-state index in [2.05, 4.69) is 71.5 Å². The highest BCUT2D eigenvalue weighted by Gasteiger charge is 2.12. The molecule has 2 atom stereocenters. The van der Waals surface area contributed by atoms with Crippen molar-refractivity contribution in [3.63, 3.8) is 0 Å². The highest BCUT2D eigenvalue weighted by atomic mass is 79.9. The van der Waals surface area contributed by atoms with Gasteiger partial charge in [-0.15, -0.1) is 0 Å². The quantitative estimate of drug-likeness (QED) is 0.814. The topological polar surface area (TPSA) is 21.3 Å². The molecule has 0 radical (unpaired) electrons. The predicted molar refractivity (Wildman–Crippen MR) is 91.9 cm³/mol. The molecule has 0 amide bonds. The molecule has 2 aromatic carbocycles. The lowest BCUT2D eigenvalue weighted by Crippen LogP contribution is -2.30. The smallest absolute Gasteiger partial charge is 0.122 e. The number of rotatable bonds is 6. The van der Waals surface area contributed by atoms with Crippen LogP contribution in [0.5, 0.6) is 5.75 Å². The SMILES string of the molecule is COc1ccccc1CC(C)N[C@@H](C)c1ccc(Br)cc1. The van der Waals surface area contributed by atoms with E-state index in [4.69, 9.17) is 4.74 Å². The fourth-order valence-corrected chi connectivity index (χ4v) is 2.80. The number of ether oxygens (including phenoxy) is 1. The Morgan fingerprint density at radius 1 is 1.05 bits per heavy atom. The second kappa shape index (κ2) is 7.62. The molecule has 0 fully saturated rings. The largest absolute Gasteiger partial charge is 0.496 e. The van der Waals surface area contributed by atoms with Crippen molar-refractivity contribution in [1.29, 1.82) is 0 Å². The van der Waals surface area contributed by atoms with Crippen LogP contribution in [0.4, 0.5) is 0 Å². The maximum absolute atomic E-state index is 5.42. The lowest BCUT2D eigenvalue weighted by molar-refractivity contribution is 0.403. The second-order valence-corrected chi connectivity index (χ2v) is 6.27. The minimum Gasteiger partial charge on any atom is -0.496 e. The van der Waals surface area contributed by atoms with Gasteiger partial charge in [-0.1, -0.05) is 46.3 Å². The minimum atomic E-state index is 0.322. The third kappa shape index (κ3) is 4.58. The van der Waals surface area contributed by atoms with Crippen LogP contribution in [0, 0.1) is 0 Å². The van der Waals surface area contributed by atoms with E-state index >= 15 is 0 Å². The summed E-state index contributed by atoms with van der Waals surface area (Å²) in [5.74, 6) is 0.961. The van der Waals surface area contributed by atoms with Gasteiger partial charge in [0, 0.05) is 16.6 Å². The first-order chi connectivity index (χ1) is 10.1. The van der Waals surface area contributed by atoms with Crippen molar-refractivity contribution >= 4 is 15.9 Å².